The molecule has 0 atom stereocenters. The molecule has 2 aromatic carbocycles. The number of hydrogen-bond donors (Lipinski definition) is 1. The maximum Gasteiger partial charge on any atom is 0.232 e. The second-order valence-electron chi connectivity index (χ2n) is 5.49. The minimum Gasteiger partial charge on any atom is -0.284 e. The Balaban J connectivity index is 1.86. The molecule has 120 valence electrons. The molecule has 4 nitrogen and oxygen atoms in total. The van der Waals surface area contributed by atoms with Crippen LogP contribution in [0.1, 0.15) is 18.9 Å². The van der Waals surface area contributed by atoms with Crippen LogP contribution in [0.4, 0.5) is 5.69 Å². The predicted octanol–water partition coefficient (Wildman–Crippen LogP) is 4.42. The van der Waals surface area contributed by atoms with Crippen molar-refractivity contribution in [3.05, 3.63) is 48.0 Å². The van der Waals surface area contributed by atoms with Crippen molar-refractivity contribution in [3.8, 4) is 10.6 Å². The monoisotopic (exact) mass is 346 g/mol. The number of benzene rings is 2. The number of sulfonamides is 1. The summed E-state index contributed by atoms with van der Waals surface area (Å²) < 4.78 is 27.3. The highest BCUT2D eigenvalue weighted by Gasteiger charge is 2.10. The molecule has 0 saturated heterocycles. The lowest BCUT2D eigenvalue weighted by Crippen LogP contribution is -2.15. The van der Waals surface area contributed by atoms with Gasteiger partial charge in [-0.05, 0) is 55.3 Å². The Hall–Kier alpha value is -1.92. The van der Waals surface area contributed by atoms with Gasteiger partial charge in [-0.2, -0.15) is 0 Å². The fourth-order valence-corrected chi connectivity index (χ4v) is 4.54. The molecule has 0 bridgehead atoms. The van der Waals surface area contributed by atoms with Gasteiger partial charge in [-0.1, -0.05) is 13.0 Å². The second kappa shape index (κ2) is 6.29. The van der Waals surface area contributed by atoms with E-state index in [2.05, 4.69) is 28.8 Å². The molecule has 3 aromatic rings. The first-order valence-electron chi connectivity index (χ1n) is 7.45. The minimum absolute atomic E-state index is 0.131. The van der Waals surface area contributed by atoms with E-state index >= 15 is 0 Å². The summed E-state index contributed by atoms with van der Waals surface area (Å²) in [5.41, 5.74) is 3.78. The summed E-state index contributed by atoms with van der Waals surface area (Å²) in [4.78, 5) is 4.64. The summed E-state index contributed by atoms with van der Waals surface area (Å²) in [6.07, 6.45) is 0.596. The molecule has 0 fully saturated rings. The number of anilines is 1. The molecule has 6 heteroatoms. The molecule has 0 aliphatic carbocycles. The number of rotatable bonds is 5. The van der Waals surface area contributed by atoms with E-state index in [4.69, 9.17) is 0 Å². The third kappa shape index (κ3) is 3.71. The van der Waals surface area contributed by atoms with Gasteiger partial charge in [0.25, 0.3) is 0 Å². The van der Waals surface area contributed by atoms with Crippen LogP contribution in [0.2, 0.25) is 0 Å². The van der Waals surface area contributed by atoms with Gasteiger partial charge < -0.3 is 0 Å². The molecule has 0 saturated carbocycles. The van der Waals surface area contributed by atoms with Crippen LogP contribution >= 0.6 is 11.3 Å². The lowest BCUT2D eigenvalue weighted by Gasteiger charge is -2.07. The van der Waals surface area contributed by atoms with Crippen molar-refractivity contribution >= 4 is 37.3 Å². The summed E-state index contributed by atoms with van der Waals surface area (Å²) in [6.45, 7) is 3.91. The van der Waals surface area contributed by atoms with Crippen LogP contribution in [-0.2, 0) is 10.0 Å². The molecule has 1 heterocycles. The van der Waals surface area contributed by atoms with Gasteiger partial charge in [0.2, 0.25) is 10.0 Å². The van der Waals surface area contributed by atoms with Crippen molar-refractivity contribution in [2.24, 2.45) is 0 Å². The highest BCUT2D eigenvalue weighted by molar-refractivity contribution is 7.92. The maximum absolute atomic E-state index is 11.8. The van der Waals surface area contributed by atoms with Crippen LogP contribution in [-0.4, -0.2) is 19.2 Å². The van der Waals surface area contributed by atoms with E-state index in [1.807, 2.05) is 25.1 Å². The zero-order chi connectivity index (χ0) is 16.4. The van der Waals surface area contributed by atoms with E-state index in [9.17, 15) is 8.42 Å². The van der Waals surface area contributed by atoms with Gasteiger partial charge in [-0.3, -0.25) is 4.72 Å². The Bertz CT molecular complexity index is 929. The van der Waals surface area contributed by atoms with Gasteiger partial charge in [0, 0.05) is 11.3 Å². The van der Waals surface area contributed by atoms with E-state index in [0.29, 0.717) is 12.1 Å². The first kappa shape index (κ1) is 16.0. The number of aromatic nitrogens is 1. The fraction of sp³-hybridized carbons (Fsp3) is 0.235. The fourth-order valence-electron chi connectivity index (χ4n) is 2.34. The van der Waals surface area contributed by atoms with Crippen molar-refractivity contribution < 1.29 is 8.42 Å². The SMILES string of the molecule is CCCS(=O)(=O)Nc1ccc(-c2nc3ccc(C)cc3s2)cc1. The molecular weight excluding hydrogens is 328 g/mol. The average Bonchev–Trinajstić information content (AvgIpc) is 2.90. The Kier molecular flexibility index (Phi) is 4.37. The number of nitrogens with zero attached hydrogens (tertiary/aromatic N) is 1. The van der Waals surface area contributed by atoms with Crippen LogP contribution in [0.15, 0.2) is 42.5 Å². The van der Waals surface area contributed by atoms with Gasteiger partial charge in [0.05, 0.1) is 16.0 Å². The Morgan fingerprint density at radius 2 is 1.87 bits per heavy atom. The highest BCUT2D eigenvalue weighted by atomic mass is 32.2. The molecule has 0 unspecified atom stereocenters. The number of hydrogen-bond acceptors (Lipinski definition) is 4. The van der Waals surface area contributed by atoms with Crippen molar-refractivity contribution in [1.82, 2.24) is 4.98 Å². The van der Waals surface area contributed by atoms with Crippen LogP contribution in [0.5, 0.6) is 0 Å². The molecule has 0 aliphatic heterocycles. The first-order chi connectivity index (χ1) is 11.0. The predicted molar refractivity (Wildman–Crippen MR) is 97.5 cm³/mol. The van der Waals surface area contributed by atoms with Crippen molar-refractivity contribution in [1.29, 1.82) is 0 Å². The molecule has 0 spiro atoms. The summed E-state index contributed by atoms with van der Waals surface area (Å²) in [7, 11) is -3.25. The second-order valence-corrected chi connectivity index (χ2v) is 8.36. The van der Waals surface area contributed by atoms with Crippen LogP contribution in [0.25, 0.3) is 20.8 Å². The number of fused-ring (bicyclic) bond motifs is 1. The quantitative estimate of drug-likeness (QED) is 0.744. The Labute approximate surface area is 140 Å². The van der Waals surface area contributed by atoms with Gasteiger partial charge in [-0.15, -0.1) is 11.3 Å². The summed E-state index contributed by atoms with van der Waals surface area (Å²) in [6, 6.07) is 13.6. The average molecular weight is 346 g/mol. The molecular formula is C17H18N2O2S2. The summed E-state index contributed by atoms with van der Waals surface area (Å²) in [5.74, 6) is 0.131. The third-order valence-electron chi connectivity index (χ3n) is 3.42. The highest BCUT2D eigenvalue weighted by Crippen LogP contribution is 2.31. The van der Waals surface area contributed by atoms with Crippen molar-refractivity contribution in [3.63, 3.8) is 0 Å². The zero-order valence-electron chi connectivity index (χ0n) is 13.0. The van der Waals surface area contributed by atoms with Gasteiger partial charge in [-0.25, -0.2) is 13.4 Å². The topological polar surface area (TPSA) is 59.1 Å². The largest absolute Gasteiger partial charge is 0.284 e. The summed E-state index contributed by atoms with van der Waals surface area (Å²) >= 11 is 1.64. The molecule has 0 radical (unpaired) electrons. The van der Waals surface area contributed by atoms with Gasteiger partial charge in [0.1, 0.15) is 5.01 Å². The molecule has 0 amide bonds. The van der Waals surface area contributed by atoms with Crippen LogP contribution in [0, 0.1) is 6.92 Å². The maximum atomic E-state index is 11.8. The number of nitrogens with one attached hydrogen (secondary N) is 1. The molecule has 3 rings (SSSR count). The molecule has 0 aliphatic rings. The van der Waals surface area contributed by atoms with Crippen LogP contribution < -0.4 is 4.72 Å². The molecule has 1 N–H and O–H groups in total. The van der Waals surface area contributed by atoms with E-state index < -0.39 is 10.0 Å². The zero-order valence-corrected chi connectivity index (χ0v) is 14.7. The lowest BCUT2D eigenvalue weighted by atomic mass is 10.2. The van der Waals surface area contributed by atoms with Crippen molar-refractivity contribution in [2.45, 2.75) is 20.3 Å². The van der Waals surface area contributed by atoms with E-state index in [0.717, 1.165) is 20.8 Å². The van der Waals surface area contributed by atoms with E-state index in [-0.39, 0.29) is 5.75 Å². The number of thiazole rings is 1. The third-order valence-corrected chi connectivity index (χ3v) is 5.98. The molecule has 23 heavy (non-hydrogen) atoms. The van der Waals surface area contributed by atoms with Gasteiger partial charge in [0.15, 0.2) is 0 Å². The van der Waals surface area contributed by atoms with E-state index in [1.54, 1.807) is 23.5 Å². The summed E-state index contributed by atoms with van der Waals surface area (Å²) in [5, 5.41) is 0.938. The standard InChI is InChI=1S/C17H18N2O2S2/c1-3-10-23(20,21)19-14-7-5-13(6-8-14)17-18-15-9-4-12(2)11-16(15)22-17/h4-9,11,19H,3,10H2,1-2H3. The van der Waals surface area contributed by atoms with Gasteiger partial charge >= 0.3 is 0 Å². The first-order valence-corrected chi connectivity index (χ1v) is 9.92. The Morgan fingerprint density at radius 3 is 2.57 bits per heavy atom. The van der Waals surface area contributed by atoms with Crippen molar-refractivity contribution in [2.75, 3.05) is 10.5 Å². The minimum atomic E-state index is -3.25. The Morgan fingerprint density at radius 1 is 1.13 bits per heavy atom. The molecule has 1 aromatic heterocycles. The normalized spacial score (nSPS) is 11.7. The lowest BCUT2D eigenvalue weighted by molar-refractivity contribution is 0.600. The smallest absolute Gasteiger partial charge is 0.232 e. The number of aryl methyl sites for hydroxylation is 1. The van der Waals surface area contributed by atoms with Crippen LogP contribution in [0.3, 0.4) is 0 Å². The van der Waals surface area contributed by atoms with E-state index in [1.165, 1.54) is 5.56 Å².